The van der Waals surface area contributed by atoms with Crippen molar-refractivity contribution in [2.75, 3.05) is 6.54 Å². The second-order valence-electron chi connectivity index (χ2n) is 6.99. The number of aromatic nitrogens is 3. The second-order valence-corrected chi connectivity index (χ2v) is 6.99. The van der Waals surface area contributed by atoms with E-state index in [1.54, 1.807) is 20.0 Å². The fourth-order valence-electron chi connectivity index (χ4n) is 3.70. The quantitative estimate of drug-likeness (QED) is 0.894. The van der Waals surface area contributed by atoms with Gasteiger partial charge in [-0.3, -0.25) is 14.6 Å². The first-order valence-electron chi connectivity index (χ1n) is 9.30. The van der Waals surface area contributed by atoms with Crippen LogP contribution in [-0.2, 0) is 17.6 Å². The second kappa shape index (κ2) is 8.25. The van der Waals surface area contributed by atoms with Crippen LogP contribution in [0.4, 0.5) is 0 Å². The molecule has 3 heterocycles. The SMILES string of the molecule is Cc1nc(C)c(CC(=O)N2CCCC[C@H]2CCc2ccccn2)c(=O)[nH]1. The van der Waals surface area contributed by atoms with Crippen molar-refractivity contribution < 1.29 is 4.79 Å². The molecular formula is C20H26N4O2. The summed E-state index contributed by atoms with van der Waals surface area (Å²) in [6.45, 7) is 4.31. The van der Waals surface area contributed by atoms with E-state index in [9.17, 15) is 9.59 Å². The average Bonchev–Trinajstić information content (AvgIpc) is 2.64. The summed E-state index contributed by atoms with van der Waals surface area (Å²) < 4.78 is 0. The first kappa shape index (κ1) is 18.3. The molecule has 0 saturated carbocycles. The highest BCUT2D eigenvalue weighted by atomic mass is 16.2. The molecule has 1 N–H and O–H groups in total. The van der Waals surface area contributed by atoms with E-state index in [1.165, 1.54) is 0 Å². The summed E-state index contributed by atoms with van der Waals surface area (Å²) in [7, 11) is 0. The fourth-order valence-corrected chi connectivity index (χ4v) is 3.70. The molecule has 3 rings (SSSR count). The summed E-state index contributed by atoms with van der Waals surface area (Å²) in [6.07, 6.45) is 6.87. The van der Waals surface area contributed by atoms with Crippen molar-refractivity contribution in [3.05, 3.63) is 57.5 Å². The van der Waals surface area contributed by atoms with Gasteiger partial charge in [0, 0.05) is 35.7 Å². The van der Waals surface area contributed by atoms with Crippen LogP contribution >= 0.6 is 0 Å². The summed E-state index contributed by atoms with van der Waals surface area (Å²) in [5, 5.41) is 0. The smallest absolute Gasteiger partial charge is 0.254 e. The number of aryl methyl sites for hydroxylation is 3. The highest BCUT2D eigenvalue weighted by Gasteiger charge is 2.27. The lowest BCUT2D eigenvalue weighted by Gasteiger charge is -2.36. The molecule has 1 aliphatic rings. The summed E-state index contributed by atoms with van der Waals surface area (Å²) in [6, 6.07) is 6.15. The van der Waals surface area contributed by atoms with Crippen LogP contribution in [0.25, 0.3) is 0 Å². The Hall–Kier alpha value is -2.50. The van der Waals surface area contributed by atoms with Crippen molar-refractivity contribution in [1.29, 1.82) is 0 Å². The number of aromatic amines is 1. The molecule has 0 bridgehead atoms. The standard InChI is InChI=1S/C20H26N4O2/c1-14-18(20(26)23-15(2)22-14)13-19(25)24-12-6-4-8-17(24)10-9-16-7-3-5-11-21-16/h3,5,7,11,17H,4,6,8-10,12-13H2,1-2H3,(H,22,23,26)/t17-/m0/s1. The van der Waals surface area contributed by atoms with Crippen LogP contribution in [0.3, 0.4) is 0 Å². The van der Waals surface area contributed by atoms with E-state index in [4.69, 9.17) is 0 Å². The number of carbonyl (C=O) groups is 1. The Balaban J connectivity index is 1.69. The van der Waals surface area contributed by atoms with Crippen molar-refractivity contribution in [2.45, 2.75) is 58.4 Å². The van der Waals surface area contributed by atoms with Gasteiger partial charge >= 0.3 is 0 Å². The molecule has 0 radical (unpaired) electrons. The third-order valence-corrected chi connectivity index (χ3v) is 5.08. The van der Waals surface area contributed by atoms with Gasteiger partial charge in [0.1, 0.15) is 5.82 Å². The number of hydrogen-bond donors (Lipinski definition) is 1. The van der Waals surface area contributed by atoms with Gasteiger partial charge in [-0.15, -0.1) is 0 Å². The molecule has 1 amide bonds. The topological polar surface area (TPSA) is 79.0 Å². The zero-order valence-corrected chi connectivity index (χ0v) is 15.5. The highest BCUT2D eigenvalue weighted by molar-refractivity contribution is 5.79. The molecule has 0 aliphatic carbocycles. The van der Waals surface area contributed by atoms with E-state index in [-0.39, 0.29) is 23.9 Å². The number of H-pyrrole nitrogens is 1. The zero-order chi connectivity index (χ0) is 18.5. The van der Waals surface area contributed by atoms with E-state index in [0.717, 1.165) is 44.3 Å². The van der Waals surface area contributed by atoms with Crippen molar-refractivity contribution in [3.63, 3.8) is 0 Å². The van der Waals surface area contributed by atoms with Crippen LogP contribution in [0.15, 0.2) is 29.2 Å². The molecule has 1 saturated heterocycles. The molecule has 2 aromatic rings. The lowest BCUT2D eigenvalue weighted by molar-refractivity contribution is -0.134. The molecule has 1 fully saturated rings. The van der Waals surface area contributed by atoms with Crippen LogP contribution in [0.5, 0.6) is 0 Å². The van der Waals surface area contributed by atoms with Crippen LogP contribution in [0, 0.1) is 13.8 Å². The number of nitrogens with one attached hydrogen (secondary N) is 1. The van der Waals surface area contributed by atoms with E-state index >= 15 is 0 Å². The summed E-state index contributed by atoms with van der Waals surface area (Å²) in [5.41, 5.74) is 1.97. The molecule has 6 nitrogen and oxygen atoms in total. The molecule has 0 unspecified atom stereocenters. The third kappa shape index (κ3) is 4.36. The Bertz CT molecular complexity index is 816. The number of hydrogen-bond acceptors (Lipinski definition) is 4. The van der Waals surface area contributed by atoms with Crippen molar-refractivity contribution in [1.82, 2.24) is 19.9 Å². The lowest BCUT2D eigenvalue weighted by atomic mass is 9.96. The normalized spacial score (nSPS) is 17.3. The Labute approximate surface area is 153 Å². The van der Waals surface area contributed by atoms with Gasteiger partial charge in [-0.25, -0.2) is 4.98 Å². The number of pyridine rings is 1. The summed E-state index contributed by atoms with van der Waals surface area (Å²) >= 11 is 0. The number of piperidine rings is 1. The first-order chi connectivity index (χ1) is 12.5. The molecule has 138 valence electrons. The zero-order valence-electron chi connectivity index (χ0n) is 15.5. The minimum atomic E-state index is -0.203. The van der Waals surface area contributed by atoms with Crippen LogP contribution in [0.2, 0.25) is 0 Å². The predicted molar refractivity (Wildman–Crippen MR) is 99.9 cm³/mol. The first-order valence-corrected chi connectivity index (χ1v) is 9.30. The predicted octanol–water partition coefficient (Wildman–Crippen LogP) is 2.34. The minimum Gasteiger partial charge on any atom is -0.339 e. The summed E-state index contributed by atoms with van der Waals surface area (Å²) in [4.78, 5) is 38.4. The van der Waals surface area contributed by atoms with E-state index in [0.29, 0.717) is 17.1 Å². The molecule has 0 spiro atoms. The monoisotopic (exact) mass is 354 g/mol. The minimum absolute atomic E-state index is 0.0231. The Morgan fingerprint density at radius 3 is 2.88 bits per heavy atom. The fraction of sp³-hybridized carbons (Fsp3) is 0.500. The van der Waals surface area contributed by atoms with Crippen LogP contribution < -0.4 is 5.56 Å². The van der Waals surface area contributed by atoms with Crippen molar-refractivity contribution in [3.8, 4) is 0 Å². The third-order valence-electron chi connectivity index (χ3n) is 5.08. The van der Waals surface area contributed by atoms with Gasteiger partial charge in [-0.1, -0.05) is 6.07 Å². The van der Waals surface area contributed by atoms with Gasteiger partial charge in [0.05, 0.1) is 6.42 Å². The molecule has 0 aromatic carbocycles. The van der Waals surface area contributed by atoms with Crippen LogP contribution in [0.1, 0.15) is 48.5 Å². The van der Waals surface area contributed by atoms with Gasteiger partial charge < -0.3 is 9.88 Å². The number of carbonyl (C=O) groups excluding carboxylic acids is 1. The molecule has 2 aromatic heterocycles. The number of nitrogens with zero attached hydrogens (tertiary/aromatic N) is 3. The number of amides is 1. The molecular weight excluding hydrogens is 328 g/mol. The van der Waals surface area contributed by atoms with Gasteiger partial charge in [0.25, 0.3) is 5.56 Å². The van der Waals surface area contributed by atoms with E-state index in [2.05, 4.69) is 15.0 Å². The van der Waals surface area contributed by atoms with Gasteiger partial charge in [0.2, 0.25) is 5.91 Å². The maximum atomic E-state index is 12.9. The highest BCUT2D eigenvalue weighted by Crippen LogP contribution is 2.22. The molecule has 6 heteroatoms. The maximum Gasteiger partial charge on any atom is 0.254 e. The Morgan fingerprint density at radius 1 is 1.31 bits per heavy atom. The maximum absolute atomic E-state index is 12.9. The Morgan fingerprint density at radius 2 is 2.15 bits per heavy atom. The van der Waals surface area contributed by atoms with E-state index < -0.39 is 0 Å². The van der Waals surface area contributed by atoms with Gasteiger partial charge in [0.15, 0.2) is 0 Å². The lowest BCUT2D eigenvalue weighted by Crippen LogP contribution is -2.45. The molecule has 1 atom stereocenters. The number of rotatable bonds is 5. The molecule has 26 heavy (non-hydrogen) atoms. The van der Waals surface area contributed by atoms with Crippen LogP contribution in [-0.4, -0.2) is 38.3 Å². The average molecular weight is 354 g/mol. The Kier molecular flexibility index (Phi) is 5.81. The van der Waals surface area contributed by atoms with Crippen molar-refractivity contribution >= 4 is 5.91 Å². The van der Waals surface area contributed by atoms with Gasteiger partial charge in [-0.2, -0.15) is 0 Å². The number of likely N-dealkylation sites (tertiary alicyclic amines) is 1. The summed E-state index contributed by atoms with van der Waals surface area (Å²) in [5.74, 6) is 0.602. The van der Waals surface area contributed by atoms with Gasteiger partial charge in [-0.05, 0) is 58.1 Å². The van der Waals surface area contributed by atoms with E-state index in [1.807, 2.05) is 23.1 Å². The largest absolute Gasteiger partial charge is 0.339 e. The van der Waals surface area contributed by atoms with Crippen molar-refractivity contribution in [2.24, 2.45) is 0 Å². The molecule has 1 aliphatic heterocycles.